The molecule has 0 aromatic rings. The van der Waals surface area contributed by atoms with Crippen molar-refractivity contribution < 1.29 is 0 Å². The fraction of sp³-hybridized carbons (Fsp3) is 0.929. The second kappa shape index (κ2) is 7.28. The lowest BCUT2D eigenvalue weighted by Crippen LogP contribution is -2.38. The maximum atomic E-state index is 9.05. The summed E-state index contributed by atoms with van der Waals surface area (Å²) in [5, 5.41) is 13.0. The largest absolute Gasteiger partial charge is 0.303 e. The highest BCUT2D eigenvalue weighted by molar-refractivity contribution is 7.99. The molecule has 1 saturated carbocycles. The second-order valence-electron chi connectivity index (χ2n) is 5.56. The molecule has 0 heterocycles. The van der Waals surface area contributed by atoms with Gasteiger partial charge >= 0.3 is 0 Å². The second-order valence-corrected chi connectivity index (χ2v) is 6.97. The van der Waals surface area contributed by atoms with E-state index in [0.29, 0.717) is 0 Å². The fourth-order valence-electron chi connectivity index (χ4n) is 2.44. The summed E-state index contributed by atoms with van der Waals surface area (Å²) >= 11 is 2.13. The van der Waals surface area contributed by atoms with E-state index < -0.39 is 0 Å². The van der Waals surface area contributed by atoms with Crippen molar-refractivity contribution in [3.8, 4) is 6.07 Å². The van der Waals surface area contributed by atoms with Gasteiger partial charge in [-0.2, -0.15) is 17.0 Å². The maximum Gasteiger partial charge on any atom is 0.103 e. The molecule has 2 nitrogen and oxygen atoms in total. The van der Waals surface area contributed by atoms with Crippen LogP contribution in [0.25, 0.3) is 0 Å². The van der Waals surface area contributed by atoms with E-state index in [1.807, 2.05) is 14.0 Å². The predicted molar refractivity (Wildman–Crippen MR) is 76.2 cm³/mol. The number of rotatable bonds is 6. The molecule has 0 aliphatic heterocycles. The van der Waals surface area contributed by atoms with Gasteiger partial charge in [-0.05, 0) is 51.3 Å². The summed E-state index contributed by atoms with van der Waals surface area (Å²) < 4.78 is 0. The molecule has 0 amide bonds. The van der Waals surface area contributed by atoms with Crippen LogP contribution in [-0.4, -0.2) is 23.6 Å². The van der Waals surface area contributed by atoms with Crippen molar-refractivity contribution in [1.29, 1.82) is 5.26 Å². The Labute approximate surface area is 111 Å². The van der Waals surface area contributed by atoms with Gasteiger partial charge in [0, 0.05) is 5.25 Å². The molecule has 17 heavy (non-hydrogen) atoms. The first-order valence-corrected chi connectivity index (χ1v) is 7.86. The highest BCUT2D eigenvalue weighted by Gasteiger charge is 2.22. The third-order valence-corrected chi connectivity index (χ3v) is 5.29. The summed E-state index contributed by atoms with van der Waals surface area (Å²) in [6.07, 6.45) is 7.72. The number of nitrogens with one attached hydrogen (secondary N) is 1. The molecule has 0 spiro atoms. The Morgan fingerprint density at radius 3 is 2.82 bits per heavy atom. The third kappa shape index (κ3) is 5.31. The van der Waals surface area contributed by atoms with Gasteiger partial charge < -0.3 is 5.32 Å². The Morgan fingerprint density at radius 2 is 2.24 bits per heavy atom. The lowest BCUT2D eigenvalue weighted by atomic mass is 9.91. The molecule has 0 radical (unpaired) electrons. The van der Waals surface area contributed by atoms with Gasteiger partial charge in [0.05, 0.1) is 6.07 Å². The zero-order valence-electron chi connectivity index (χ0n) is 11.5. The zero-order valence-corrected chi connectivity index (χ0v) is 12.3. The van der Waals surface area contributed by atoms with E-state index in [4.69, 9.17) is 5.26 Å². The zero-order chi connectivity index (χ0) is 12.7. The van der Waals surface area contributed by atoms with Gasteiger partial charge in [0.1, 0.15) is 5.54 Å². The Kier molecular flexibility index (Phi) is 6.37. The average molecular weight is 254 g/mol. The molecule has 1 aliphatic carbocycles. The SMILES string of the molecule is CNC(C)(C#N)CCCSC1CCCC(C)C1. The number of nitriles is 1. The molecule has 1 N–H and O–H groups in total. The van der Waals surface area contributed by atoms with Crippen molar-refractivity contribution in [3.63, 3.8) is 0 Å². The maximum absolute atomic E-state index is 9.05. The summed E-state index contributed by atoms with van der Waals surface area (Å²) in [5.74, 6) is 2.12. The third-order valence-electron chi connectivity index (χ3n) is 3.86. The van der Waals surface area contributed by atoms with Gasteiger partial charge in [-0.1, -0.05) is 19.8 Å². The van der Waals surface area contributed by atoms with Crippen LogP contribution in [0.5, 0.6) is 0 Å². The molecular formula is C14H26N2S. The van der Waals surface area contributed by atoms with E-state index in [9.17, 15) is 0 Å². The summed E-state index contributed by atoms with van der Waals surface area (Å²) in [7, 11) is 1.87. The molecule has 98 valence electrons. The number of thioether (sulfide) groups is 1. The normalized spacial score (nSPS) is 28.4. The van der Waals surface area contributed by atoms with Crippen molar-refractivity contribution in [2.24, 2.45) is 5.92 Å². The first-order valence-electron chi connectivity index (χ1n) is 6.81. The van der Waals surface area contributed by atoms with Crippen molar-refractivity contribution in [1.82, 2.24) is 5.32 Å². The van der Waals surface area contributed by atoms with Crippen LogP contribution >= 0.6 is 11.8 Å². The standard InChI is InChI=1S/C14H26N2S/c1-12-6-4-7-13(10-12)17-9-5-8-14(2,11-15)16-3/h12-13,16H,4-10H2,1-3H3. The van der Waals surface area contributed by atoms with E-state index in [0.717, 1.165) is 24.0 Å². The van der Waals surface area contributed by atoms with Gasteiger partial charge in [0.15, 0.2) is 0 Å². The predicted octanol–water partition coefficient (Wildman–Crippen LogP) is 3.58. The quantitative estimate of drug-likeness (QED) is 0.736. The van der Waals surface area contributed by atoms with E-state index in [2.05, 4.69) is 30.1 Å². The fourth-order valence-corrected chi connectivity index (χ4v) is 3.88. The monoisotopic (exact) mass is 254 g/mol. The molecule has 1 rings (SSSR count). The summed E-state index contributed by atoms with van der Waals surface area (Å²) in [6, 6.07) is 2.35. The van der Waals surface area contributed by atoms with Gasteiger partial charge in [-0.15, -0.1) is 0 Å². The number of hydrogen-bond donors (Lipinski definition) is 1. The molecule has 1 fully saturated rings. The van der Waals surface area contributed by atoms with Crippen LogP contribution in [0, 0.1) is 17.2 Å². The van der Waals surface area contributed by atoms with Crippen LogP contribution < -0.4 is 5.32 Å². The molecule has 1 aliphatic rings. The van der Waals surface area contributed by atoms with Gasteiger partial charge in [-0.25, -0.2) is 0 Å². The van der Waals surface area contributed by atoms with E-state index in [-0.39, 0.29) is 5.54 Å². The Hall–Kier alpha value is -0.200. The molecule has 0 aromatic heterocycles. The first kappa shape index (κ1) is 14.9. The lowest BCUT2D eigenvalue weighted by molar-refractivity contribution is 0.394. The van der Waals surface area contributed by atoms with Crippen molar-refractivity contribution >= 4 is 11.8 Å². The Bertz CT molecular complexity index is 261. The lowest BCUT2D eigenvalue weighted by Gasteiger charge is -2.26. The molecule has 0 aromatic carbocycles. The molecule has 3 heteroatoms. The smallest absolute Gasteiger partial charge is 0.103 e. The van der Waals surface area contributed by atoms with E-state index in [1.165, 1.54) is 31.4 Å². The van der Waals surface area contributed by atoms with Crippen molar-refractivity contribution in [2.45, 2.75) is 63.2 Å². The van der Waals surface area contributed by atoms with Crippen LogP contribution in [0.4, 0.5) is 0 Å². The highest BCUT2D eigenvalue weighted by Crippen LogP contribution is 2.32. The Morgan fingerprint density at radius 1 is 1.47 bits per heavy atom. The van der Waals surface area contributed by atoms with Crippen LogP contribution in [0.1, 0.15) is 52.4 Å². The van der Waals surface area contributed by atoms with Crippen LogP contribution in [0.2, 0.25) is 0 Å². The molecule has 3 unspecified atom stereocenters. The van der Waals surface area contributed by atoms with Gasteiger partial charge in [0.2, 0.25) is 0 Å². The van der Waals surface area contributed by atoms with E-state index in [1.54, 1.807) is 0 Å². The minimum Gasteiger partial charge on any atom is -0.303 e. The van der Waals surface area contributed by atoms with Crippen LogP contribution in [-0.2, 0) is 0 Å². The van der Waals surface area contributed by atoms with Crippen molar-refractivity contribution in [3.05, 3.63) is 0 Å². The number of nitrogens with zero attached hydrogens (tertiary/aromatic N) is 1. The van der Waals surface area contributed by atoms with Crippen LogP contribution in [0.3, 0.4) is 0 Å². The van der Waals surface area contributed by atoms with Crippen LogP contribution in [0.15, 0.2) is 0 Å². The van der Waals surface area contributed by atoms with E-state index >= 15 is 0 Å². The Balaban J connectivity index is 2.14. The topological polar surface area (TPSA) is 35.8 Å². The van der Waals surface area contributed by atoms with Crippen molar-refractivity contribution in [2.75, 3.05) is 12.8 Å². The van der Waals surface area contributed by atoms with Gasteiger partial charge in [0.25, 0.3) is 0 Å². The molecular weight excluding hydrogens is 228 g/mol. The summed E-state index contributed by atoms with van der Waals surface area (Å²) in [6.45, 7) is 4.36. The molecule has 0 saturated heterocycles. The van der Waals surface area contributed by atoms with Gasteiger partial charge in [-0.3, -0.25) is 0 Å². The molecule has 0 bridgehead atoms. The summed E-state index contributed by atoms with van der Waals surface area (Å²) in [4.78, 5) is 0. The average Bonchev–Trinajstić information content (AvgIpc) is 2.34. The minimum atomic E-state index is -0.333. The number of hydrogen-bond acceptors (Lipinski definition) is 3. The molecule has 3 atom stereocenters. The highest BCUT2D eigenvalue weighted by atomic mass is 32.2. The first-order chi connectivity index (χ1) is 8.09. The summed E-state index contributed by atoms with van der Waals surface area (Å²) in [5.41, 5.74) is -0.333. The minimum absolute atomic E-state index is 0.333.